The average molecular weight is 292 g/mol. The molecule has 2 fully saturated rings. The van der Waals surface area contributed by atoms with Gasteiger partial charge in [0.05, 0.1) is 6.54 Å². The molecular formula is C15H28N6. The van der Waals surface area contributed by atoms with Gasteiger partial charge in [0.1, 0.15) is 0 Å². The summed E-state index contributed by atoms with van der Waals surface area (Å²) >= 11 is 0. The molecule has 1 aromatic rings. The first-order valence-corrected chi connectivity index (χ1v) is 8.55. The van der Waals surface area contributed by atoms with E-state index in [2.05, 4.69) is 32.2 Å². The van der Waals surface area contributed by atoms with Gasteiger partial charge in [-0.15, -0.1) is 5.10 Å². The van der Waals surface area contributed by atoms with Crippen molar-refractivity contribution < 1.29 is 0 Å². The van der Waals surface area contributed by atoms with Crippen molar-refractivity contribution in [3.63, 3.8) is 0 Å². The molecule has 3 heterocycles. The van der Waals surface area contributed by atoms with Gasteiger partial charge in [-0.2, -0.15) is 0 Å². The van der Waals surface area contributed by atoms with Gasteiger partial charge in [-0.3, -0.25) is 4.90 Å². The van der Waals surface area contributed by atoms with E-state index in [0.29, 0.717) is 0 Å². The molecule has 21 heavy (non-hydrogen) atoms. The number of aryl methyl sites for hydroxylation is 1. The topological polar surface area (TPSA) is 50.1 Å². The maximum absolute atomic E-state index is 4.18. The lowest BCUT2D eigenvalue weighted by molar-refractivity contribution is 0.144. The third-order valence-electron chi connectivity index (χ3n) is 4.83. The van der Waals surface area contributed by atoms with Crippen LogP contribution in [0, 0.1) is 5.92 Å². The van der Waals surface area contributed by atoms with Crippen LogP contribution in [0.1, 0.15) is 44.9 Å². The first kappa shape index (κ1) is 14.9. The predicted molar refractivity (Wildman–Crippen MR) is 81.8 cm³/mol. The molecule has 0 N–H and O–H groups in total. The zero-order valence-corrected chi connectivity index (χ0v) is 13.2. The SMILES string of the molecule is CCCn1nnnc1CN1CCC(CN2CCCC2)CC1. The second-order valence-corrected chi connectivity index (χ2v) is 6.55. The molecule has 0 saturated carbocycles. The third-order valence-corrected chi connectivity index (χ3v) is 4.83. The molecule has 3 rings (SSSR count). The molecule has 6 heteroatoms. The Bertz CT molecular complexity index is 418. The van der Waals surface area contributed by atoms with Crippen molar-refractivity contribution in [2.24, 2.45) is 5.92 Å². The van der Waals surface area contributed by atoms with Crippen LogP contribution in [0.2, 0.25) is 0 Å². The smallest absolute Gasteiger partial charge is 0.165 e. The van der Waals surface area contributed by atoms with E-state index in [9.17, 15) is 0 Å². The minimum absolute atomic E-state index is 0.894. The number of nitrogens with zero attached hydrogens (tertiary/aromatic N) is 6. The summed E-state index contributed by atoms with van der Waals surface area (Å²) in [4.78, 5) is 5.17. The number of hydrogen-bond donors (Lipinski definition) is 0. The van der Waals surface area contributed by atoms with Crippen molar-refractivity contribution in [1.29, 1.82) is 0 Å². The summed E-state index contributed by atoms with van der Waals surface area (Å²) in [7, 11) is 0. The summed E-state index contributed by atoms with van der Waals surface area (Å²) in [5, 5.41) is 12.1. The zero-order valence-electron chi connectivity index (χ0n) is 13.2. The minimum atomic E-state index is 0.894. The average Bonchev–Trinajstić information content (AvgIpc) is 3.14. The quantitative estimate of drug-likeness (QED) is 0.793. The van der Waals surface area contributed by atoms with Gasteiger partial charge in [0, 0.05) is 13.1 Å². The van der Waals surface area contributed by atoms with Gasteiger partial charge in [0.25, 0.3) is 0 Å². The predicted octanol–water partition coefficient (Wildman–Crippen LogP) is 1.39. The van der Waals surface area contributed by atoms with Crippen LogP contribution >= 0.6 is 0 Å². The number of aromatic nitrogens is 4. The lowest BCUT2D eigenvalue weighted by Crippen LogP contribution is -2.38. The van der Waals surface area contributed by atoms with E-state index >= 15 is 0 Å². The van der Waals surface area contributed by atoms with Crippen molar-refractivity contribution in [1.82, 2.24) is 30.0 Å². The van der Waals surface area contributed by atoms with E-state index in [1.54, 1.807) is 0 Å². The summed E-state index contributed by atoms with van der Waals surface area (Å²) in [5.74, 6) is 1.92. The third kappa shape index (κ3) is 4.01. The van der Waals surface area contributed by atoms with Crippen LogP contribution in [0.5, 0.6) is 0 Å². The molecular weight excluding hydrogens is 264 g/mol. The van der Waals surface area contributed by atoms with Crippen LogP contribution in [-0.2, 0) is 13.1 Å². The Balaban J connectivity index is 1.43. The Morgan fingerprint density at radius 3 is 2.52 bits per heavy atom. The molecule has 0 bridgehead atoms. The molecule has 0 radical (unpaired) electrons. The van der Waals surface area contributed by atoms with E-state index in [0.717, 1.165) is 31.3 Å². The second kappa shape index (κ2) is 7.31. The monoisotopic (exact) mass is 292 g/mol. The van der Waals surface area contributed by atoms with Crippen LogP contribution < -0.4 is 0 Å². The van der Waals surface area contributed by atoms with Crippen molar-refractivity contribution in [2.75, 3.05) is 32.7 Å². The molecule has 2 aliphatic rings. The molecule has 0 atom stereocenters. The van der Waals surface area contributed by atoms with E-state index < -0.39 is 0 Å². The molecule has 6 nitrogen and oxygen atoms in total. The van der Waals surface area contributed by atoms with Crippen LogP contribution in [-0.4, -0.2) is 62.7 Å². The van der Waals surface area contributed by atoms with Gasteiger partial charge < -0.3 is 4.90 Å². The fraction of sp³-hybridized carbons (Fsp3) is 0.933. The number of rotatable bonds is 6. The van der Waals surface area contributed by atoms with Gasteiger partial charge in [0.2, 0.25) is 0 Å². The zero-order chi connectivity index (χ0) is 14.5. The fourth-order valence-corrected chi connectivity index (χ4v) is 3.58. The van der Waals surface area contributed by atoms with Crippen molar-refractivity contribution in [3.05, 3.63) is 5.82 Å². The number of tetrazole rings is 1. The molecule has 0 aliphatic carbocycles. The maximum atomic E-state index is 4.18. The van der Waals surface area contributed by atoms with E-state index in [1.165, 1.54) is 58.4 Å². The van der Waals surface area contributed by atoms with E-state index in [1.807, 2.05) is 4.68 Å². The minimum Gasteiger partial charge on any atom is -0.303 e. The van der Waals surface area contributed by atoms with Gasteiger partial charge in [-0.1, -0.05) is 6.92 Å². The summed E-state index contributed by atoms with van der Waals surface area (Å²) in [6.07, 6.45) is 6.53. The molecule has 118 valence electrons. The summed E-state index contributed by atoms with van der Waals surface area (Å²) in [6.45, 7) is 10.3. The Morgan fingerprint density at radius 1 is 1.05 bits per heavy atom. The van der Waals surface area contributed by atoms with E-state index in [4.69, 9.17) is 0 Å². The second-order valence-electron chi connectivity index (χ2n) is 6.55. The summed E-state index contributed by atoms with van der Waals surface area (Å²) in [6, 6.07) is 0. The highest BCUT2D eigenvalue weighted by atomic mass is 15.5. The van der Waals surface area contributed by atoms with Crippen molar-refractivity contribution >= 4 is 0 Å². The Hall–Kier alpha value is -1.01. The largest absolute Gasteiger partial charge is 0.303 e. The molecule has 1 aromatic heterocycles. The standard InChI is InChI=1S/C15H28N6/c1-2-7-21-15(16-17-18-21)13-20-10-5-14(6-11-20)12-19-8-3-4-9-19/h14H,2-13H2,1H3. The Labute approximate surface area is 127 Å². The molecule has 0 unspecified atom stereocenters. The van der Waals surface area contributed by atoms with E-state index in [-0.39, 0.29) is 0 Å². The van der Waals surface area contributed by atoms with Gasteiger partial charge >= 0.3 is 0 Å². The fourth-order valence-electron chi connectivity index (χ4n) is 3.58. The normalized spacial score (nSPS) is 22.1. The lowest BCUT2D eigenvalue weighted by atomic mass is 9.96. The number of hydrogen-bond acceptors (Lipinski definition) is 5. The number of piperidine rings is 1. The van der Waals surface area contributed by atoms with Crippen molar-refractivity contribution in [2.45, 2.75) is 52.1 Å². The highest BCUT2D eigenvalue weighted by molar-refractivity contribution is 4.84. The molecule has 0 amide bonds. The highest BCUT2D eigenvalue weighted by Gasteiger charge is 2.23. The van der Waals surface area contributed by atoms with Crippen LogP contribution in [0.4, 0.5) is 0 Å². The summed E-state index contributed by atoms with van der Waals surface area (Å²) in [5.41, 5.74) is 0. The maximum Gasteiger partial charge on any atom is 0.165 e. The lowest BCUT2D eigenvalue weighted by Gasteiger charge is -2.33. The number of likely N-dealkylation sites (tertiary alicyclic amines) is 2. The molecule has 0 spiro atoms. The first-order chi connectivity index (χ1) is 10.3. The van der Waals surface area contributed by atoms with Crippen LogP contribution in [0.15, 0.2) is 0 Å². The van der Waals surface area contributed by atoms with Gasteiger partial charge in [0.15, 0.2) is 5.82 Å². The van der Waals surface area contributed by atoms with Crippen molar-refractivity contribution in [3.8, 4) is 0 Å². The Kier molecular flexibility index (Phi) is 5.19. The van der Waals surface area contributed by atoms with Crippen LogP contribution in [0.3, 0.4) is 0 Å². The first-order valence-electron chi connectivity index (χ1n) is 8.55. The van der Waals surface area contributed by atoms with Gasteiger partial charge in [-0.05, 0) is 74.6 Å². The summed E-state index contributed by atoms with van der Waals surface area (Å²) < 4.78 is 1.95. The molecule has 0 aromatic carbocycles. The molecule has 2 saturated heterocycles. The Morgan fingerprint density at radius 2 is 1.81 bits per heavy atom. The van der Waals surface area contributed by atoms with Gasteiger partial charge in [-0.25, -0.2) is 4.68 Å². The highest BCUT2D eigenvalue weighted by Crippen LogP contribution is 2.21. The molecule has 2 aliphatic heterocycles. The van der Waals surface area contributed by atoms with Crippen LogP contribution in [0.25, 0.3) is 0 Å².